The molecule has 20 heavy (non-hydrogen) atoms. The van der Waals surface area contributed by atoms with E-state index in [4.69, 9.17) is 0 Å². The third-order valence-corrected chi connectivity index (χ3v) is 5.61. The SMILES string of the molecule is C/C=C/CC[C]1CCC([C]2CCC(CCC)CC2)CC1. The summed E-state index contributed by atoms with van der Waals surface area (Å²) in [6.07, 6.45) is 21.7. The monoisotopic (exact) mass is 274 g/mol. The molecule has 0 aromatic carbocycles. The second-order valence-electron chi connectivity index (χ2n) is 7.02. The quantitative estimate of drug-likeness (QED) is 0.474. The van der Waals surface area contributed by atoms with E-state index >= 15 is 0 Å². The maximum absolute atomic E-state index is 2.34. The van der Waals surface area contributed by atoms with E-state index in [0.29, 0.717) is 0 Å². The van der Waals surface area contributed by atoms with Crippen molar-refractivity contribution in [2.24, 2.45) is 11.8 Å². The Labute approximate surface area is 127 Å². The highest BCUT2D eigenvalue weighted by Crippen LogP contribution is 2.44. The molecule has 0 N–H and O–H groups in total. The van der Waals surface area contributed by atoms with Gasteiger partial charge in [-0.3, -0.25) is 0 Å². The third kappa shape index (κ3) is 4.93. The fourth-order valence-electron chi connectivity index (χ4n) is 4.29. The lowest BCUT2D eigenvalue weighted by Gasteiger charge is -2.37. The topological polar surface area (TPSA) is 0 Å². The maximum atomic E-state index is 2.34. The minimum absolute atomic E-state index is 0.989. The standard InChI is InChI=1S/C20H34/c1-3-5-6-8-18-11-15-20(16-12-18)19-13-9-17(7-4-2)10-14-19/h3,5,17,20H,4,6-16H2,1-2H3/b5-3+. The van der Waals surface area contributed by atoms with Crippen molar-refractivity contribution in [2.75, 3.05) is 0 Å². The Balaban J connectivity index is 1.64. The Hall–Kier alpha value is -0.260. The third-order valence-electron chi connectivity index (χ3n) is 5.61. The summed E-state index contributed by atoms with van der Waals surface area (Å²) < 4.78 is 0. The lowest BCUT2D eigenvalue weighted by atomic mass is 9.68. The molecule has 0 aliphatic heterocycles. The van der Waals surface area contributed by atoms with Gasteiger partial charge in [-0.1, -0.05) is 31.9 Å². The minimum Gasteiger partial charge on any atom is -0.0917 e. The van der Waals surface area contributed by atoms with Crippen LogP contribution in [0.2, 0.25) is 0 Å². The van der Waals surface area contributed by atoms with Crippen molar-refractivity contribution in [3.63, 3.8) is 0 Å². The van der Waals surface area contributed by atoms with Crippen molar-refractivity contribution >= 4 is 0 Å². The van der Waals surface area contributed by atoms with Crippen LogP contribution in [0.1, 0.15) is 90.9 Å². The molecule has 0 nitrogen and oxygen atoms in total. The largest absolute Gasteiger partial charge is 0.0917 e. The molecule has 2 radical (unpaired) electrons. The van der Waals surface area contributed by atoms with E-state index in [2.05, 4.69) is 26.0 Å². The summed E-state index contributed by atoms with van der Waals surface area (Å²) in [5.74, 6) is 5.84. The van der Waals surface area contributed by atoms with Crippen LogP contribution in [0.5, 0.6) is 0 Å². The van der Waals surface area contributed by atoms with E-state index in [0.717, 1.165) is 11.8 Å². The van der Waals surface area contributed by atoms with Gasteiger partial charge < -0.3 is 0 Å². The lowest BCUT2D eigenvalue weighted by Crippen LogP contribution is -2.23. The fraction of sp³-hybridized carbons (Fsp3) is 0.800. The average Bonchev–Trinajstić information content (AvgIpc) is 2.49. The predicted molar refractivity (Wildman–Crippen MR) is 89.4 cm³/mol. The molecule has 2 aliphatic carbocycles. The highest BCUT2D eigenvalue weighted by Gasteiger charge is 2.30. The number of rotatable bonds is 6. The Kier molecular flexibility index (Phi) is 7.17. The summed E-state index contributed by atoms with van der Waals surface area (Å²) in [6.45, 7) is 4.47. The molecule has 2 aliphatic rings. The van der Waals surface area contributed by atoms with Crippen LogP contribution in [0, 0.1) is 23.7 Å². The molecule has 0 heteroatoms. The smallest absolute Gasteiger partial charge is 0.0210 e. The zero-order valence-electron chi connectivity index (χ0n) is 13.8. The van der Waals surface area contributed by atoms with Gasteiger partial charge in [0.1, 0.15) is 0 Å². The van der Waals surface area contributed by atoms with E-state index in [1.54, 1.807) is 0 Å². The molecular weight excluding hydrogens is 240 g/mol. The molecule has 2 rings (SSSR count). The molecule has 0 saturated heterocycles. The van der Waals surface area contributed by atoms with Crippen LogP contribution in [0.4, 0.5) is 0 Å². The molecule has 0 aromatic rings. The Morgan fingerprint density at radius 1 is 1.00 bits per heavy atom. The first-order chi connectivity index (χ1) is 9.83. The van der Waals surface area contributed by atoms with E-state index in [-0.39, 0.29) is 0 Å². The van der Waals surface area contributed by atoms with Gasteiger partial charge in [0.2, 0.25) is 0 Å². The molecule has 0 amide bonds. The Bertz CT molecular complexity index is 262. The van der Waals surface area contributed by atoms with E-state index < -0.39 is 0 Å². The van der Waals surface area contributed by atoms with Crippen LogP contribution in [-0.2, 0) is 0 Å². The molecule has 0 unspecified atom stereocenters. The molecule has 0 aromatic heterocycles. The van der Waals surface area contributed by atoms with Gasteiger partial charge in [0, 0.05) is 0 Å². The van der Waals surface area contributed by atoms with Crippen molar-refractivity contribution in [3.8, 4) is 0 Å². The van der Waals surface area contributed by atoms with Gasteiger partial charge in [-0.05, 0) is 94.8 Å². The summed E-state index contributed by atoms with van der Waals surface area (Å²) in [6, 6.07) is 0. The van der Waals surface area contributed by atoms with Crippen LogP contribution in [-0.4, -0.2) is 0 Å². The zero-order valence-corrected chi connectivity index (χ0v) is 13.8. The first-order valence-electron chi connectivity index (χ1n) is 9.12. The van der Waals surface area contributed by atoms with Crippen molar-refractivity contribution in [1.29, 1.82) is 0 Å². The molecule has 114 valence electrons. The highest BCUT2D eigenvalue weighted by atomic mass is 14.4. The lowest BCUT2D eigenvalue weighted by molar-refractivity contribution is 0.282. The van der Waals surface area contributed by atoms with Crippen LogP contribution >= 0.6 is 0 Å². The summed E-state index contributed by atoms with van der Waals surface area (Å²) in [5.41, 5.74) is 0. The fourth-order valence-corrected chi connectivity index (χ4v) is 4.29. The maximum Gasteiger partial charge on any atom is -0.0210 e. The van der Waals surface area contributed by atoms with Gasteiger partial charge in [-0.15, -0.1) is 0 Å². The Morgan fingerprint density at radius 3 is 2.30 bits per heavy atom. The molecule has 2 fully saturated rings. The van der Waals surface area contributed by atoms with Crippen molar-refractivity contribution in [1.82, 2.24) is 0 Å². The van der Waals surface area contributed by atoms with Gasteiger partial charge in [0.15, 0.2) is 0 Å². The molecule has 0 spiro atoms. The number of hydrogen-bond acceptors (Lipinski definition) is 0. The van der Waals surface area contributed by atoms with Gasteiger partial charge in [-0.2, -0.15) is 0 Å². The molecule has 0 atom stereocenters. The average molecular weight is 274 g/mol. The second-order valence-corrected chi connectivity index (χ2v) is 7.02. The highest BCUT2D eigenvalue weighted by molar-refractivity contribution is 5.06. The van der Waals surface area contributed by atoms with Gasteiger partial charge in [0.25, 0.3) is 0 Å². The first-order valence-corrected chi connectivity index (χ1v) is 9.12. The number of hydrogen-bond donors (Lipinski definition) is 0. The summed E-state index contributed by atoms with van der Waals surface area (Å²) in [5, 5.41) is 0. The zero-order chi connectivity index (χ0) is 14.2. The molecule has 2 saturated carbocycles. The van der Waals surface area contributed by atoms with Gasteiger partial charge >= 0.3 is 0 Å². The van der Waals surface area contributed by atoms with Crippen LogP contribution in [0.3, 0.4) is 0 Å². The van der Waals surface area contributed by atoms with Crippen molar-refractivity contribution in [3.05, 3.63) is 24.0 Å². The number of allylic oxidation sites excluding steroid dienone is 2. The summed E-state index contributed by atoms with van der Waals surface area (Å²) in [4.78, 5) is 0. The predicted octanol–water partition coefficient (Wildman–Crippen LogP) is 6.67. The van der Waals surface area contributed by atoms with Crippen LogP contribution < -0.4 is 0 Å². The normalized spacial score (nSPS) is 24.7. The molecule has 0 heterocycles. The minimum atomic E-state index is 0.989. The summed E-state index contributed by atoms with van der Waals surface area (Å²) >= 11 is 0. The van der Waals surface area contributed by atoms with Gasteiger partial charge in [0.05, 0.1) is 0 Å². The second kappa shape index (κ2) is 8.90. The van der Waals surface area contributed by atoms with Crippen molar-refractivity contribution < 1.29 is 0 Å². The van der Waals surface area contributed by atoms with Crippen LogP contribution in [0.25, 0.3) is 0 Å². The summed E-state index contributed by atoms with van der Waals surface area (Å²) in [7, 11) is 0. The molecule has 0 bridgehead atoms. The molecular formula is C20H34. The Morgan fingerprint density at radius 2 is 1.70 bits per heavy atom. The van der Waals surface area contributed by atoms with Crippen LogP contribution in [0.15, 0.2) is 12.2 Å². The first kappa shape index (κ1) is 16.1. The van der Waals surface area contributed by atoms with Crippen molar-refractivity contribution in [2.45, 2.75) is 90.9 Å². The van der Waals surface area contributed by atoms with E-state index in [9.17, 15) is 0 Å². The van der Waals surface area contributed by atoms with Gasteiger partial charge in [-0.25, -0.2) is 0 Å². The van der Waals surface area contributed by atoms with E-state index in [1.165, 1.54) is 77.0 Å². The van der Waals surface area contributed by atoms with E-state index in [1.807, 2.05) is 11.8 Å².